The van der Waals surface area contributed by atoms with Gasteiger partial charge in [0, 0.05) is 30.1 Å². The number of carbonyl (C=O) groups is 1. The van der Waals surface area contributed by atoms with Gasteiger partial charge < -0.3 is 29.2 Å². The van der Waals surface area contributed by atoms with Crippen LogP contribution in [0, 0.1) is 0 Å². The van der Waals surface area contributed by atoms with E-state index in [4.69, 9.17) is 14.2 Å². The van der Waals surface area contributed by atoms with Gasteiger partial charge in [-0.05, 0) is 48.4 Å². The Bertz CT molecular complexity index is 1310. The minimum absolute atomic E-state index is 0.288. The molecule has 7 nitrogen and oxygen atoms in total. The number of hydrogen-bond acceptors (Lipinski definition) is 5. The molecule has 0 bridgehead atoms. The molecule has 7 heteroatoms. The summed E-state index contributed by atoms with van der Waals surface area (Å²) in [4.78, 5) is 12.4. The third-order valence-electron chi connectivity index (χ3n) is 6.10. The fourth-order valence-electron chi connectivity index (χ4n) is 4.36. The number of hydrogen-bond donors (Lipinski definition) is 2. The lowest BCUT2D eigenvalue weighted by atomic mass is 10.1. The van der Waals surface area contributed by atoms with E-state index < -0.39 is 5.97 Å². The van der Waals surface area contributed by atoms with E-state index in [1.165, 1.54) is 0 Å². The lowest BCUT2D eigenvalue weighted by Gasteiger charge is -2.11. The van der Waals surface area contributed by atoms with Gasteiger partial charge in [-0.1, -0.05) is 36.4 Å². The highest BCUT2D eigenvalue weighted by molar-refractivity contribution is 5.98. The number of aromatic carboxylic acids is 1. The standard InChI is InChI=1S/C28H30N2O5/c1-33-21-10-11-22-23(17-29-14-13-19-9-12-25(34-2)26(15-19)35-3)27(28(31)32)30(24(22)16-21)18-20-7-5-4-6-8-20/h4-12,15-16,29H,13-14,17-18H2,1-3H3,(H,31,32). The molecule has 0 aliphatic rings. The van der Waals surface area contributed by atoms with E-state index in [1.807, 2.05) is 71.3 Å². The van der Waals surface area contributed by atoms with Crippen molar-refractivity contribution in [1.29, 1.82) is 0 Å². The first-order valence-corrected chi connectivity index (χ1v) is 11.4. The Kier molecular flexibility index (Phi) is 7.57. The third kappa shape index (κ3) is 5.25. The first-order chi connectivity index (χ1) is 17.0. The Morgan fingerprint density at radius 1 is 0.886 bits per heavy atom. The summed E-state index contributed by atoms with van der Waals surface area (Å²) < 4.78 is 18.0. The van der Waals surface area contributed by atoms with Crippen LogP contribution in [0.25, 0.3) is 10.9 Å². The monoisotopic (exact) mass is 474 g/mol. The molecule has 0 aliphatic heterocycles. The number of aromatic nitrogens is 1. The van der Waals surface area contributed by atoms with Gasteiger partial charge in [-0.25, -0.2) is 4.79 Å². The van der Waals surface area contributed by atoms with Crippen LogP contribution in [0.1, 0.15) is 27.2 Å². The van der Waals surface area contributed by atoms with Gasteiger partial charge >= 0.3 is 5.97 Å². The normalized spacial score (nSPS) is 10.9. The van der Waals surface area contributed by atoms with Gasteiger partial charge in [0.05, 0.1) is 26.8 Å². The van der Waals surface area contributed by atoms with Gasteiger partial charge in [0.15, 0.2) is 11.5 Å². The van der Waals surface area contributed by atoms with Crippen molar-refractivity contribution in [3.05, 3.63) is 89.1 Å². The van der Waals surface area contributed by atoms with Gasteiger partial charge in [-0.2, -0.15) is 0 Å². The lowest BCUT2D eigenvalue weighted by molar-refractivity contribution is 0.0684. The zero-order chi connectivity index (χ0) is 24.8. The number of methoxy groups -OCH3 is 3. The van der Waals surface area contributed by atoms with Crippen molar-refractivity contribution in [3.8, 4) is 17.2 Å². The molecule has 35 heavy (non-hydrogen) atoms. The molecule has 0 radical (unpaired) electrons. The second-order valence-electron chi connectivity index (χ2n) is 8.20. The highest BCUT2D eigenvalue weighted by atomic mass is 16.5. The van der Waals surface area contributed by atoms with Crippen LogP contribution in [-0.4, -0.2) is 43.5 Å². The fraction of sp³-hybridized carbons (Fsp3) is 0.250. The summed E-state index contributed by atoms with van der Waals surface area (Å²) in [5.41, 5.74) is 4.02. The summed E-state index contributed by atoms with van der Waals surface area (Å²) in [6.07, 6.45) is 0.763. The highest BCUT2D eigenvalue weighted by Gasteiger charge is 2.22. The van der Waals surface area contributed by atoms with E-state index in [9.17, 15) is 9.90 Å². The highest BCUT2D eigenvalue weighted by Crippen LogP contribution is 2.31. The molecule has 4 aromatic rings. The maximum absolute atomic E-state index is 12.4. The average molecular weight is 475 g/mol. The van der Waals surface area contributed by atoms with Crippen molar-refractivity contribution < 1.29 is 24.1 Å². The van der Waals surface area contributed by atoms with Crippen LogP contribution >= 0.6 is 0 Å². The summed E-state index contributed by atoms with van der Waals surface area (Å²) in [5.74, 6) is 1.12. The predicted molar refractivity (Wildman–Crippen MR) is 136 cm³/mol. The van der Waals surface area contributed by atoms with Crippen LogP contribution in [0.3, 0.4) is 0 Å². The minimum Gasteiger partial charge on any atom is -0.497 e. The Morgan fingerprint density at radius 2 is 1.66 bits per heavy atom. The molecule has 0 aliphatic carbocycles. The van der Waals surface area contributed by atoms with E-state index in [0.29, 0.717) is 36.9 Å². The zero-order valence-electron chi connectivity index (χ0n) is 20.2. The fourth-order valence-corrected chi connectivity index (χ4v) is 4.36. The van der Waals surface area contributed by atoms with Crippen molar-refractivity contribution >= 4 is 16.9 Å². The molecule has 0 saturated heterocycles. The number of carboxylic acid groups (broad SMARTS) is 1. The SMILES string of the molecule is COc1ccc2c(CNCCc3ccc(OC)c(OC)c3)c(C(=O)O)n(Cc3ccccc3)c2c1. The summed E-state index contributed by atoms with van der Waals surface area (Å²) >= 11 is 0. The third-order valence-corrected chi connectivity index (χ3v) is 6.10. The summed E-state index contributed by atoms with van der Waals surface area (Å²) in [6, 6.07) is 21.4. The molecule has 3 aromatic carbocycles. The molecule has 0 fully saturated rings. The number of benzene rings is 3. The Labute approximate surface area is 204 Å². The van der Waals surface area contributed by atoms with Gasteiger partial charge in [0.25, 0.3) is 0 Å². The van der Waals surface area contributed by atoms with Crippen LogP contribution in [0.15, 0.2) is 66.7 Å². The number of rotatable bonds is 11. The number of nitrogens with one attached hydrogen (secondary N) is 1. The molecular formula is C28H30N2O5. The number of ether oxygens (including phenoxy) is 3. The Morgan fingerprint density at radius 3 is 2.34 bits per heavy atom. The predicted octanol–water partition coefficient (Wildman–Crippen LogP) is 4.75. The molecule has 0 amide bonds. The Hall–Kier alpha value is -3.97. The van der Waals surface area contributed by atoms with Gasteiger partial charge in [-0.15, -0.1) is 0 Å². The van der Waals surface area contributed by atoms with Crippen molar-refractivity contribution in [2.45, 2.75) is 19.5 Å². The van der Waals surface area contributed by atoms with E-state index in [2.05, 4.69) is 5.32 Å². The molecule has 4 rings (SSSR count). The van der Waals surface area contributed by atoms with Gasteiger partial charge in [0.2, 0.25) is 0 Å². The van der Waals surface area contributed by atoms with Crippen molar-refractivity contribution in [3.63, 3.8) is 0 Å². The topological polar surface area (TPSA) is 81.9 Å². The molecule has 1 aromatic heterocycles. The number of nitrogens with zero attached hydrogens (tertiary/aromatic N) is 1. The van der Waals surface area contributed by atoms with Gasteiger partial charge in [-0.3, -0.25) is 0 Å². The van der Waals surface area contributed by atoms with E-state index in [-0.39, 0.29) is 5.69 Å². The zero-order valence-corrected chi connectivity index (χ0v) is 20.2. The first-order valence-electron chi connectivity index (χ1n) is 11.4. The summed E-state index contributed by atoms with van der Waals surface area (Å²) in [7, 11) is 4.84. The Balaban J connectivity index is 1.60. The maximum Gasteiger partial charge on any atom is 0.352 e. The van der Waals surface area contributed by atoms with E-state index in [1.54, 1.807) is 21.3 Å². The summed E-state index contributed by atoms with van der Waals surface area (Å²) in [5, 5.41) is 14.5. The minimum atomic E-state index is -0.951. The smallest absolute Gasteiger partial charge is 0.352 e. The number of carboxylic acids is 1. The van der Waals surface area contributed by atoms with Crippen LogP contribution < -0.4 is 19.5 Å². The van der Waals surface area contributed by atoms with Crippen molar-refractivity contribution in [2.24, 2.45) is 0 Å². The largest absolute Gasteiger partial charge is 0.497 e. The van der Waals surface area contributed by atoms with E-state index >= 15 is 0 Å². The quantitative estimate of drug-likeness (QED) is 0.306. The van der Waals surface area contributed by atoms with Crippen molar-refractivity contribution in [1.82, 2.24) is 9.88 Å². The molecule has 0 saturated carbocycles. The maximum atomic E-state index is 12.4. The lowest BCUT2D eigenvalue weighted by Crippen LogP contribution is -2.19. The molecular weight excluding hydrogens is 444 g/mol. The van der Waals surface area contributed by atoms with Crippen LogP contribution in [-0.2, 0) is 19.5 Å². The van der Waals surface area contributed by atoms with Crippen molar-refractivity contribution in [2.75, 3.05) is 27.9 Å². The molecule has 182 valence electrons. The summed E-state index contributed by atoms with van der Waals surface area (Å²) in [6.45, 7) is 1.56. The first kappa shape index (κ1) is 24.2. The molecule has 2 N–H and O–H groups in total. The van der Waals surface area contributed by atoms with Crippen LogP contribution in [0.2, 0.25) is 0 Å². The molecule has 0 unspecified atom stereocenters. The molecule has 0 spiro atoms. The second kappa shape index (κ2) is 11.0. The van der Waals surface area contributed by atoms with Gasteiger partial charge in [0.1, 0.15) is 11.4 Å². The molecule has 0 atom stereocenters. The van der Waals surface area contributed by atoms with E-state index in [0.717, 1.165) is 34.0 Å². The van der Waals surface area contributed by atoms with Crippen LogP contribution in [0.4, 0.5) is 0 Å². The number of fused-ring (bicyclic) bond motifs is 1. The average Bonchev–Trinajstić information content (AvgIpc) is 3.19. The van der Waals surface area contributed by atoms with Crippen LogP contribution in [0.5, 0.6) is 17.2 Å². The molecule has 1 heterocycles. The second-order valence-corrected chi connectivity index (χ2v) is 8.20.